The highest BCUT2D eigenvalue weighted by atomic mass is 19.4. The lowest BCUT2D eigenvalue weighted by atomic mass is 9.95. The molecule has 1 fully saturated rings. The lowest BCUT2D eigenvalue weighted by Crippen LogP contribution is -2.48. The molecule has 1 atom stereocenters. The average molecular weight is 385 g/mol. The summed E-state index contributed by atoms with van der Waals surface area (Å²) in [6.45, 7) is 2.32. The minimum Gasteiger partial charge on any atom is -0.354 e. The number of hydrogen-bond donors (Lipinski definition) is 1. The van der Waals surface area contributed by atoms with Gasteiger partial charge in [0, 0.05) is 25.6 Å². The predicted octanol–water partition coefficient (Wildman–Crippen LogP) is 2.51. The fourth-order valence-electron chi connectivity index (χ4n) is 3.25. The zero-order chi connectivity index (χ0) is 20.2. The summed E-state index contributed by atoms with van der Waals surface area (Å²) in [5, 5.41) is 2.91. The van der Waals surface area contributed by atoms with Crippen molar-refractivity contribution in [2.45, 2.75) is 32.0 Å². The van der Waals surface area contributed by atoms with Gasteiger partial charge in [-0.15, -0.1) is 0 Å². The van der Waals surface area contributed by atoms with Crippen molar-refractivity contribution in [2.24, 2.45) is 5.92 Å². The molecule has 1 saturated heterocycles. The predicted molar refractivity (Wildman–Crippen MR) is 96.0 cm³/mol. The van der Waals surface area contributed by atoms with Crippen LogP contribution >= 0.6 is 0 Å². The van der Waals surface area contributed by atoms with Crippen LogP contribution in [0.15, 0.2) is 24.3 Å². The number of likely N-dealkylation sites (N-methyl/N-ethyl adjacent to an activating group) is 1. The van der Waals surface area contributed by atoms with Gasteiger partial charge in [0.2, 0.25) is 5.91 Å². The molecule has 5 nitrogen and oxygen atoms in total. The number of likely N-dealkylation sites (tertiary alicyclic amines) is 1. The Kier molecular flexibility index (Phi) is 6.86. The van der Waals surface area contributed by atoms with E-state index in [1.165, 1.54) is 0 Å². The number of hydrogen-bond acceptors (Lipinski definition) is 3. The van der Waals surface area contributed by atoms with Gasteiger partial charge in [0.1, 0.15) is 0 Å². The highest BCUT2D eigenvalue weighted by Crippen LogP contribution is 2.24. The highest BCUT2D eigenvalue weighted by molar-refractivity contribution is 5.83. The van der Waals surface area contributed by atoms with Crippen molar-refractivity contribution in [1.29, 1.82) is 0 Å². The average Bonchev–Trinajstić information content (AvgIpc) is 2.61. The minimum absolute atomic E-state index is 0.00134. The molecule has 0 aromatic heterocycles. The van der Waals surface area contributed by atoms with Crippen molar-refractivity contribution < 1.29 is 22.8 Å². The van der Waals surface area contributed by atoms with Gasteiger partial charge in [-0.1, -0.05) is 29.8 Å². The van der Waals surface area contributed by atoms with Crippen LogP contribution in [0.2, 0.25) is 0 Å². The summed E-state index contributed by atoms with van der Waals surface area (Å²) in [5.41, 5.74) is 2.23. The number of halogens is 3. The van der Waals surface area contributed by atoms with Gasteiger partial charge in [-0.05, 0) is 39.4 Å². The van der Waals surface area contributed by atoms with Crippen LogP contribution in [0.3, 0.4) is 0 Å². The fourth-order valence-corrected chi connectivity index (χ4v) is 3.25. The number of rotatable bonds is 5. The number of carbonyl (C=O) groups excluding carboxylic acids is 2. The third-order valence-corrected chi connectivity index (χ3v) is 4.95. The third kappa shape index (κ3) is 5.69. The van der Waals surface area contributed by atoms with Gasteiger partial charge < -0.3 is 15.1 Å². The SMILES string of the molecule is Cc1ccc(C(CNC(=O)C2CCN(C(=O)C(F)(F)F)CC2)N(C)C)cc1. The topological polar surface area (TPSA) is 52.7 Å². The number of nitrogens with zero attached hydrogens (tertiary/aromatic N) is 2. The van der Waals surface area contributed by atoms with Crippen molar-refractivity contribution >= 4 is 11.8 Å². The van der Waals surface area contributed by atoms with Gasteiger partial charge in [-0.25, -0.2) is 0 Å². The van der Waals surface area contributed by atoms with Crippen LogP contribution < -0.4 is 5.32 Å². The number of aryl methyl sites for hydroxylation is 1. The number of alkyl halides is 3. The molecule has 2 amide bonds. The van der Waals surface area contributed by atoms with Crippen LogP contribution in [0, 0.1) is 12.8 Å². The van der Waals surface area contributed by atoms with Crippen LogP contribution in [-0.4, -0.2) is 61.5 Å². The molecule has 1 N–H and O–H groups in total. The molecule has 1 aliphatic rings. The lowest BCUT2D eigenvalue weighted by Gasteiger charge is -2.32. The fraction of sp³-hybridized carbons (Fsp3) is 0.579. The first-order chi connectivity index (χ1) is 12.6. The molecule has 0 spiro atoms. The molecule has 8 heteroatoms. The summed E-state index contributed by atoms with van der Waals surface area (Å²) in [4.78, 5) is 26.5. The van der Waals surface area contributed by atoms with Crippen LogP contribution in [0.25, 0.3) is 0 Å². The highest BCUT2D eigenvalue weighted by Gasteiger charge is 2.43. The van der Waals surface area contributed by atoms with Crippen LogP contribution in [-0.2, 0) is 9.59 Å². The number of nitrogens with one attached hydrogen (secondary N) is 1. The first kappa shape index (κ1) is 21.2. The zero-order valence-corrected chi connectivity index (χ0v) is 15.8. The Bertz CT molecular complexity index is 651. The molecule has 0 radical (unpaired) electrons. The van der Waals surface area contributed by atoms with Crippen LogP contribution in [0.4, 0.5) is 13.2 Å². The lowest BCUT2D eigenvalue weighted by molar-refractivity contribution is -0.186. The zero-order valence-electron chi connectivity index (χ0n) is 15.8. The quantitative estimate of drug-likeness (QED) is 0.848. The summed E-state index contributed by atoms with van der Waals surface area (Å²) in [6.07, 6.45) is -4.38. The molecule has 27 heavy (non-hydrogen) atoms. The molecule has 0 aliphatic carbocycles. The third-order valence-electron chi connectivity index (χ3n) is 4.95. The normalized spacial score (nSPS) is 17.1. The molecule has 150 valence electrons. The summed E-state index contributed by atoms with van der Waals surface area (Å²) < 4.78 is 37.5. The van der Waals surface area contributed by atoms with E-state index in [9.17, 15) is 22.8 Å². The van der Waals surface area contributed by atoms with E-state index in [-0.39, 0.29) is 43.8 Å². The molecular weight excluding hydrogens is 359 g/mol. The van der Waals surface area contributed by atoms with Gasteiger partial charge in [0.15, 0.2) is 0 Å². The summed E-state index contributed by atoms with van der Waals surface area (Å²) in [6, 6.07) is 8.07. The Morgan fingerprint density at radius 1 is 1.19 bits per heavy atom. The van der Waals surface area contributed by atoms with E-state index in [0.29, 0.717) is 6.54 Å². The summed E-state index contributed by atoms with van der Waals surface area (Å²) in [5.74, 6) is -2.37. The number of piperidine rings is 1. The molecular formula is C19H26F3N3O2. The molecule has 1 aromatic rings. The van der Waals surface area contributed by atoms with Gasteiger partial charge in [-0.3, -0.25) is 9.59 Å². The molecule has 1 heterocycles. The maximum absolute atomic E-state index is 12.5. The molecule has 1 unspecified atom stereocenters. The summed E-state index contributed by atoms with van der Waals surface area (Å²) >= 11 is 0. The van der Waals surface area contributed by atoms with Gasteiger partial charge >= 0.3 is 12.1 Å². The van der Waals surface area contributed by atoms with E-state index in [0.717, 1.165) is 16.0 Å². The second kappa shape index (κ2) is 8.73. The van der Waals surface area contributed by atoms with Crippen LogP contribution in [0.1, 0.15) is 30.0 Å². The van der Waals surface area contributed by atoms with Gasteiger partial charge in [0.05, 0.1) is 6.04 Å². The van der Waals surface area contributed by atoms with E-state index in [4.69, 9.17) is 0 Å². The molecule has 1 aliphatic heterocycles. The van der Waals surface area contributed by atoms with E-state index < -0.39 is 12.1 Å². The van der Waals surface area contributed by atoms with Gasteiger partial charge in [-0.2, -0.15) is 13.2 Å². The number of benzene rings is 1. The maximum Gasteiger partial charge on any atom is 0.471 e. The van der Waals surface area contributed by atoms with Gasteiger partial charge in [0.25, 0.3) is 0 Å². The first-order valence-electron chi connectivity index (χ1n) is 8.96. The smallest absolute Gasteiger partial charge is 0.354 e. The molecule has 0 saturated carbocycles. The number of amides is 2. The molecule has 1 aromatic carbocycles. The van der Waals surface area contributed by atoms with E-state index in [1.807, 2.05) is 50.2 Å². The first-order valence-corrected chi connectivity index (χ1v) is 8.96. The Hall–Kier alpha value is -2.09. The Morgan fingerprint density at radius 3 is 2.22 bits per heavy atom. The largest absolute Gasteiger partial charge is 0.471 e. The Morgan fingerprint density at radius 2 is 1.74 bits per heavy atom. The van der Waals surface area contributed by atoms with Crippen molar-refractivity contribution in [3.05, 3.63) is 35.4 Å². The van der Waals surface area contributed by atoms with E-state index in [2.05, 4.69) is 5.32 Å². The standard InChI is InChI=1S/C19H26F3N3O2/c1-13-4-6-14(7-5-13)16(24(2)3)12-23-17(26)15-8-10-25(11-9-15)18(27)19(20,21)22/h4-7,15-16H,8-12H2,1-3H3,(H,23,26). The van der Waals surface area contributed by atoms with Crippen molar-refractivity contribution in [2.75, 3.05) is 33.7 Å². The van der Waals surface area contributed by atoms with Crippen LogP contribution in [0.5, 0.6) is 0 Å². The Balaban J connectivity index is 1.88. The molecule has 0 bridgehead atoms. The second-order valence-electron chi connectivity index (χ2n) is 7.20. The Labute approximate surface area is 157 Å². The van der Waals surface area contributed by atoms with Crippen molar-refractivity contribution in [3.63, 3.8) is 0 Å². The number of carbonyl (C=O) groups is 2. The maximum atomic E-state index is 12.5. The van der Waals surface area contributed by atoms with Crippen molar-refractivity contribution in [3.8, 4) is 0 Å². The van der Waals surface area contributed by atoms with E-state index >= 15 is 0 Å². The monoisotopic (exact) mass is 385 g/mol. The summed E-state index contributed by atoms with van der Waals surface area (Å²) in [7, 11) is 3.86. The minimum atomic E-state index is -4.86. The second-order valence-corrected chi connectivity index (χ2v) is 7.20. The van der Waals surface area contributed by atoms with E-state index in [1.54, 1.807) is 0 Å². The molecule has 2 rings (SSSR count). The van der Waals surface area contributed by atoms with Crippen molar-refractivity contribution in [1.82, 2.24) is 15.1 Å².